The summed E-state index contributed by atoms with van der Waals surface area (Å²) in [6.07, 6.45) is 1.18. The van der Waals surface area contributed by atoms with Gasteiger partial charge in [-0.2, -0.15) is 9.40 Å². The number of rotatable bonds is 5. The normalized spacial score (nSPS) is 15.0. The van der Waals surface area contributed by atoms with E-state index in [9.17, 15) is 13.2 Å². The Bertz CT molecular complexity index is 1480. The van der Waals surface area contributed by atoms with Crippen LogP contribution < -0.4 is 0 Å². The van der Waals surface area contributed by atoms with Crippen LogP contribution in [0.4, 0.5) is 0 Å². The fraction of sp³-hybridized carbons (Fsp3) is 0.250. The Hall–Kier alpha value is -3.34. The molecule has 180 valence electrons. The number of sulfonamides is 1. The monoisotopic (exact) mass is 510 g/mol. The minimum absolute atomic E-state index is 0.0576. The third kappa shape index (κ3) is 4.64. The maximum Gasteiger partial charge on any atom is 0.244 e. The van der Waals surface area contributed by atoms with Crippen LogP contribution in [0.2, 0.25) is 5.02 Å². The molecule has 0 N–H and O–H groups in total. The van der Waals surface area contributed by atoms with Gasteiger partial charge in [0.25, 0.3) is 0 Å². The molecule has 1 saturated heterocycles. The molecule has 0 radical (unpaired) electrons. The highest BCUT2D eigenvalue weighted by molar-refractivity contribution is 7.88. The molecule has 1 aliphatic heterocycles. The third-order valence-corrected chi connectivity index (χ3v) is 7.71. The fourth-order valence-electron chi connectivity index (χ4n) is 4.20. The summed E-state index contributed by atoms with van der Waals surface area (Å²) in [6, 6.07) is 19.1. The summed E-state index contributed by atoms with van der Waals surface area (Å²) in [5.74, 6) is -0.174. The van der Waals surface area contributed by atoms with Crippen LogP contribution in [0.5, 0.6) is 0 Å². The van der Waals surface area contributed by atoms with Gasteiger partial charge in [0, 0.05) is 37.3 Å². The van der Waals surface area contributed by atoms with Crippen molar-refractivity contribution in [2.75, 3.05) is 32.4 Å². The Labute approximate surface area is 208 Å². The number of benzene rings is 2. The van der Waals surface area contributed by atoms with Crippen LogP contribution in [0.3, 0.4) is 0 Å². The zero-order chi connectivity index (χ0) is 24.6. The molecule has 4 aromatic rings. The van der Waals surface area contributed by atoms with Gasteiger partial charge in [-0.1, -0.05) is 72.3 Å². The van der Waals surface area contributed by atoms with Crippen molar-refractivity contribution in [3.8, 4) is 22.5 Å². The molecule has 0 aliphatic carbocycles. The summed E-state index contributed by atoms with van der Waals surface area (Å²) in [5.41, 5.74) is 3.25. The lowest BCUT2D eigenvalue weighted by atomic mass is 10.1. The van der Waals surface area contributed by atoms with E-state index in [2.05, 4.69) is 10.2 Å². The predicted octanol–water partition coefficient (Wildman–Crippen LogP) is 2.92. The Morgan fingerprint density at radius 2 is 1.46 bits per heavy atom. The van der Waals surface area contributed by atoms with Crippen molar-refractivity contribution in [3.63, 3.8) is 0 Å². The van der Waals surface area contributed by atoms with E-state index in [1.54, 1.807) is 4.90 Å². The number of hydrogen-bond acceptors (Lipinski definition) is 6. The molecule has 2 aromatic heterocycles. The molecule has 1 fully saturated rings. The highest BCUT2D eigenvalue weighted by Crippen LogP contribution is 2.37. The second-order valence-electron chi connectivity index (χ2n) is 8.34. The summed E-state index contributed by atoms with van der Waals surface area (Å²) in [5, 5.41) is 14.5. The standard InChI is InChI=1S/C24H23ClN6O3S/c1-35(33,34)30-14-12-29(13-15-30)19(32)16-31-24-20(22(28-31)17-8-4-2-5-9-17)21(25)23(26-27-24)18-10-6-3-7-11-18/h2-11H,12-16H2,1H3. The van der Waals surface area contributed by atoms with Gasteiger partial charge >= 0.3 is 0 Å². The second kappa shape index (κ2) is 9.37. The first-order valence-electron chi connectivity index (χ1n) is 11.1. The van der Waals surface area contributed by atoms with Gasteiger partial charge < -0.3 is 4.90 Å². The van der Waals surface area contributed by atoms with Crippen LogP contribution in [0.1, 0.15) is 0 Å². The number of amides is 1. The summed E-state index contributed by atoms with van der Waals surface area (Å²) in [7, 11) is -3.28. The SMILES string of the molecule is CS(=O)(=O)N1CCN(C(=O)Cn2nc(-c3ccccc3)c3c(Cl)c(-c4ccccc4)nnc32)CC1. The lowest BCUT2D eigenvalue weighted by molar-refractivity contribution is -0.133. The first kappa shape index (κ1) is 23.4. The van der Waals surface area contributed by atoms with Crippen molar-refractivity contribution >= 4 is 38.6 Å². The molecule has 0 spiro atoms. The maximum absolute atomic E-state index is 13.1. The minimum atomic E-state index is -3.28. The lowest BCUT2D eigenvalue weighted by Crippen LogP contribution is -2.51. The average molecular weight is 511 g/mol. The van der Waals surface area contributed by atoms with Crippen molar-refractivity contribution in [2.45, 2.75) is 6.54 Å². The van der Waals surface area contributed by atoms with Crippen LogP contribution >= 0.6 is 11.6 Å². The Morgan fingerprint density at radius 3 is 2.03 bits per heavy atom. The van der Waals surface area contributed by atoms with Crippen molar-refractivity contribution in [3.05, 3.63) is 65.7 Å². The van der Waals surface area contributed by atoms with E-state index in [-0.39, 0.29) is 25.5 Å². The molecule has 9 nitrogen and oxygen atoms in total. The van der Waals surface area contributed by atoms with Crippen molar-refractivity contribution in [1.82, 2.24) is 29.2 Å². The van der Waals surface area contributed by atoms with Crippen LogP contribution in [-0.4, -0.2) is 75.9 Å². The topological polar surface area (TPSA) is 101 Å². The summed E-state index contributed by atoms with van der Waals surface area (Å²) < 4.78 is 26.5. The van der Waals surface area contributed by atoms with E-state index in [1.807, 2.05) is 60.7 Å². The summed E-state index contributed by atoms with van der Waals surface area (Å²) >= 11 is 6.87. The highest BCUT2D eigenvalue weighted by Gasteiger charge is 2.28. The highest BCUT2D eigenvalue weighted by atomic mass is 35.5. The van der Waals surface area contributed by atoms with Gasteiger partial charge in [0.1, 0.15) is 17.9 Å². The molecule has 2 aromatic carbocycles. The first-order chi connectivity index (χ1) is 16.8. The fourth-order valence-corrected chi connectivity index (χ4v) is 5.35. The molecule has 0 saturated carbocycles. The predicted molar refractivity (Wildman–Crippen MR) is 134 cm³/mol. The zero-order valence-electron chi connectivity index (χ0n) is 19.0. The van der Waals surface area contributed by atoms with Gasteiger partial charge in [0.2, 0.25) is 15.9 Å². The molecule has 3 heterocycles. The van der Waals surface area contributed by atoms with Gasteiger partial charge in [-0.15, -0.1) is 10.2 Å². The molecule has 35 heavy (non-hydrogen) atoms. The average Bonchev–Trinajstić information content (AvgIpc) is 3.24. The Morgan fingerprint density at radius 1 is 0.886 bits per heavy atom. The molecule has 11 heteroatoms. The number of nitrogens with zero attached hydrogens (tertiary/aromatic N) is 6. The van der Waals surface area contributed by atoms with E-state index in [1.165, 1.54) is 15.2 Å². The van der Waals surface area contributed by atoms with Crippen molar-refractivity contribution in [2.24, 2.45) is 0 Å². The number of piperazine rings is 1. The maximum atomic E-state index is 13.1. The third-order valence-electron chi connectivity index (χ3n) is 6.04. The van der Waals surface area contributed by atoms with Gasteiger partial charge in [-0.05, 0) is 0 Å². The number of hydrogen-bond donors (Lipinski definition) is 0. The Balaban J connectivity index is 1.52. The van der Waals surface area contributed by atoms with E-state index in [0.717, 1.165) is 11.1 Å². The molecule has 1 aliphatic rings. The van der Waals surface area contributed by atoms with Crippen LogP contribution in [0.25, 0.3) is 33.5 Å². The molecule has 0 unspecified atom stereocenters. The number of aromatic nitrogens is 4. The van der Waals surface area contributed by atoms with E-state index in [4.69, 9.17) is 16.7 Å². The van der Waals surface area contributed by atoms with Gasteiger partial charge in [0.05, 0.1) is 16.7 Å². The minimum Gasteiger partial charge on any atom is -0.338 e. The summed E-state index contributed by atoms with van der Waals surface area (Å²) in [6.45, 7) is 1.12. The van der Waals surface area contributed by atoms with Crippen LogP contribution in [0.15, 0.2) is 60.7 Å². The van der Waals surface area contributed by atoms with Crippen molar-refractivity contribution in [1.29, 1.82) is 0 Å². The second-order valence-corrected chi connectivity index (χ2v) is 10.7. The Kier molecular flexibility index (Phi) is 6.26. The smallest absolute Gasteiger partial charge is 0.244 e. The first-order valence-corrected chi connectivity index (χ1v) is 13.3. The number of fused-ring (bicyclic) bond motifs is 1. The zero-order valence-corrected chi connectivity index (χ0v) is 20.6. The number of halogens is 1. The van der Waals surface area contributed by atoms with E-state index in [0.29, 0.717) is 40.5 Å². The van der Waals surface area contributed by atoms with Gasteiger partial charge in [0.15, 0.2) is 5.65 Å². The van der Waals surface area contributed by atoms with E-state index >= 15 is 0 Å². The summed E-state index contributed by atoms with van der Waals surface area (Å²) in [4.78, 5) is 14.7. The molecule has 0 atom stereocenters. The molecule has 5 rings (SSSR count). The van der Waals surface area contributed by atoms with Gasteiger partial charge in [-0.3, -0.25) is 4.79 Å². The number of carbonyl (C=O) groups excluding carboxylic acids is 1. The van der Waals surface area contributed by atoms with Crippen LogP contribution in [0, 0.1) is 0 Å². The van der Waals surface area contributed by atoms with Crippen LogP contribution in [-0.2, 0) is 21.4 Å². The largest absolute Gasteiger partial charge is 0.338 e. The molecule has 0 bridgehead atoms. The molecule has 1 amide bonds. The lowest BCUT2D eigenvalue weighted by Gasteiger charge is -2.33. The van der Waals surface area contributed by atoms with Crippen molar-refractivity contribution < 1.29 is 13.2 Å². The quantitative estimate of drug-likeness (QED) is 0.409. The van der Waals surface area contributed by atoms with E-state index < -0.39 is 10.0 Å². The molecular weight excluding hydrogens is 488 g/mol. The molecular formula is C24H23ClN6O3S. The van der Waals surface area contributed by atoms with Gasteiger partial charge in [-0.25, -0.2) is 13.1 Å². The number of carbonyl (C=O) groups is 1.